The van der Waals surface area contributed by atoms with Crippen LogP contribution in [0.2, 0.25) is 0 Å². The average Bonchev–Trinajstić information content (AvgIpc) is 2.44. The molecule has 0 bridgehead atoms. The van der Waals surface area contributed by atoms with Gasteiger partial charge >= 0.3 is 0 Å². The van der Waals surface area contributed by atoms with Crippen LogP contribution >= 0.6 is 0 Å². The van der Waals surface area contributed by atoms with E-state index in [-0.39, 0.29) is 5.41 Å². The molecule has 1 nitrogen and oxygen atoms in total. The SMILES string of the molecule is CCC(CC)(c1ccccc1)C(CCC(C)C)NC. The standard InChI is InChI=1S/C18H31N/c1-6-18(7-2,16-11-9-8-10-12-16)17(19-5)14-13-15(3)4/h8-12,15,17,19H,6-7,13-14H2,1-5H3. The van der Waals surface area contributed by atoms with Gasteiger partial charge in [-0.15, -0.1) is 0 Å². The second-order valence-corrected chi connectivity index (χ2v) is 6.04. The van der Waals surface area contributed by atoms with Crippen molar-refractivity contribution >= 4 is 0 Å². The van der Waals surface area contributed by atoms with Gasteiger partial charge in [-0.3, -0.25) is 0 Å². The molecule has 19 heavy (non-hydrogen) atoms. The van der Waals surface area contributed by atoms with Gasteiger partial charge in [-0.2, -0.15) is 0 Å². The van der Waals surface area contributed by atoms with Crippen molar-refractivity contribution in [3.8, 4) is 0 Å². The highest BCUT2D eigenvalue weighted by Gasteiger charge is 2.36. The van der Waals surface area contributed by atoms with Crippen LogP contribution in [-0.2, 0) is 5.41 Å². The fourth-order valence-electron chi connectivity index (χ4n) is 3.32. The third-order valence-electron chi connectivity index (χ3n) is 4.66. The van der Waals surface area contributed by atoms with Crippen LogP contribution in [0.5, 0.6) is 0 Å². The first-order valence-electron chi connectivity index (χ1n) is 7.83. The van der Waals surface area contributed by atoms with E-state index in [1.54, 1.807) is 0 Å². The topological polar surface area (TPSA) is 12.0 Å². The van der Waals surface area contributed by atoms with Crippen molar-refractivity contribution in [1.29, 1.82) is 0 Å². The maximum absolute atomic E-state index is 3.60. The van der Waals surface area contributed by atoms with Gasteiger partial charge < -0.3 is 5.32 Å². The van der Waals surface area contributed by atoms with Gasteiger partial charge in [0, 0.05) is 11.5 Å². The molecular formula is C18H31N. The zero-order chi connectivity index (χ0) is 14.3. The quantitative estimate of drug-likeness (QED) is 0.711. The Morgan fingerprint density at radius 3 is 2.00 bits per heavy atom. The summed E-state index contributed by atoms with van der Waals surface area (Å²) in [6.07, 6.45) is 4.93. The van der Waals surface area contributed by atoms with E-state index < -0.39 is 0 Å². The van der Waals surface area contributed by atoms with Crippen LogP contribution in [0.4, 0.5) is 0 Å². The summed E-state index contributed by atoms with van der Waals surface area (Å²) >= 11 is 0. The summed E-state index contributed by atoms with van der Waals surface area (Å²) in [6.45, 7) is 9.29. The van der Waals surface area contributed by atoms with Crippen LogP contribution in [0.1, 0.15) is 58.9 Å². The Morgan fingerprint density at radius 2 is 1.58 bits per heavy atom. The van der Waals surface area contributed by atoms with Crippen LogP contribution in [0.15, 0.2) is 30.3 Å². The zero-order valence-corrected chi connectivity index (χ0v) is 13.4. The highest BCUT2D eigenvalue weighted by Crippen LogP contribution is 2.37. The first-order chi connectivity index (χ1) is 9.10. The van der Waals surface area contributed by atoms with Crippen LogP contribution < -0.4 is 5.32 Å². The Balaban J connectivity index is 3.02. The summed E-state index contributed by atoms with van der Waals surface area (Å²) in [5.41, 5.74) is 1.76. The first-order valence-corrected chi connectivity index (χ1v) is 7.83. The van der Waals surface area contributed by atoms with E-state index in [1.807, 2.05) is 0 Å². The minimum absolute atomic E-state index is 0.269. The molecule has 0 aliphatic heterocycles. The molecule has 1 aromatic carbocycles. The normalized spacial score (nSPS) is 13.8. The minimum Gasteiger partial charge on any atom is -0.316 e. The summed E-state index contributed by atoms with van der Waals surface area (Å²) in [7, 11) is 2.12. The second kappa shape index (κ2) is 7.69. The van der Waals surface area contributed by atoms with Crippen molar-refractivity contribution in [2.75, 3.05) is 7.05 Å². The molecule has 0 amide bonds. The number of hydrogen-bond acceptors (Lipinski definition) is 1. The molecule has 1 rings (SSSR count). The van der Waals surface area contributed by atoms with E-state index in [1.165, 1.54) is 31.2 Å². The average molecular weight is 261 g/mol. The molecule has 0 spiro atoms. The van der Waals surface area contributed by atoms with Crippen molar-refractivity contribution in [1.82, 2.24) is 5.32 Å². The van der Waals surface area contributed by atoms with Gasteiger partial charge in [0.15, 0.2) is 0 Å². The molecule has 0 fully saturated rings. The number of benzene rings is 1. The molecule has 1 atom stereocenters. The van der Waals surface area contributed by atoms with Crippen LogP contribution in [0.3, 0.4) is 0 Å². The van der Waals surface area contributed by atoms with Crippen molar-refractivity contribution in [2.45, 2.75) is 64.8 Å². The molecule has 0 heterocycles. The monoisotopic (exact) mass is 261 g/mol. The zero-order valence-electron chi connectivity index (χ0n) is 13.4. The Labute approximate surface area is 119 Å². The summed E-state index contributed by atoms with van der Waals surface area (Å²) in [4.78, 5) is 0. The lowest BCUT2D eigenvalue weighted by Gasteiger charge is -2.41. The van der Waals surface area contributed by atoms with E-state index >= 15 is 0 Å². The maximum atomic E-state index is 3.60. The molecule has 0 saturated heterocycles. The van der Waals surface area contributed by atoms with E-state index in [9.17, 15) is 0 Å². The summed E-state index contributed by atoms with van der Waals surface area (Å²) in [5, 5.41) is 3.60. The van der Waals surface area contributed by atoms with Crippen LogP contribution in [-0.4, -0.2) is 13.1 Å². The highest BCUT2D eigenvalue weighted by atomic mass is 14.9. The van der Waals surface area contributed by atoms with Gasteiger partial charge in [-0.25, -0.2) is 0 Å². The summed E-state index contributed by atoms with van der Waals surface area (Å²) < 4.78 is 0. The van der Waals surface area contributed by atoms with Crippen molar-refractivity contribution < 1.29 is 0 Å². The molecule has 1 N–H and O–H groups in total. The molecule has 1 aromatic rings. The Bertz CT molecular complexity index is 338. The van der Waals surface area contributed by atoms with Gasteiger partial charge in [0.05, 0.1) is 0 Å². The molecular weight excluding hydrogens is 230 g/mol. The molecule has 1 heteroatoms. The number of nitrogens with one attached hydrogen (secondary N) is 1. The fraction of sp³-hybridized carbons (Fsp3) is 0.667. The third kappa shape index (κ3) is 3.82. The highest BCUT2D eigenvalue weighted by molar-refractivity contribution is 5.27. The van der Waals surface area contributed by atoms with E-state index in [0.717, 1.165) is 5.92 Å². The molecule has 0 aliphatic rings. The Hall–Kier alpha value is -0.820. The number of rotatable bonds is 8. The lowest BCUT2D eigenvalue weighted by atomic mass is 9.68. The molecule has 0 aliphatic carbocycles. The van der Waals surface area contributed by atoms with E-state index in [4.69, 9.17) is 0 Å². The van der Waals surface area contributed by atoms with Gasteiger partial charge in [0.25, 0.3) is 0 Å². The van der Waals surface area contributed by atoms with Crippen LogP contribution in [0, 0.1) is 5.92 Å². The van der Waals surface area contributed by atoms with Gasteiger partial charge in [-0.1, -0.05) is 58.0 Å². The number of hydrogen-bond donors (Lipinski definition) is 1. The first kappa shape index (κ1) is 16.2. The summed E-state index contributed by atoms with van der Waals surface area (Å²) in [6, 6.07) is 11.6. The van der Waals surface area contributed by atoms with Gasteiger partial charge in [0.2, 0.25) is 0 Å². The van der Waals surface area contributed by atoms with Crippen molar-refractivity contribution in [3.05, 3.63) is 35.9 Å². The lowest BCUT2D eigenvalue weighted by Crippen LogP contribution is -2.46. The van der Waals surface area contributed by atoms with Crippen LogP contribution in [0.25, 0.3) is 0 Å². The number of likely N-dealkylation sites (N-methyl/N-ethyl adjacent to an activating group) is 1. The molecule has 1 unspecified atom stereocenters. The van der Waals surface area contributed by atoms with Gasteiger partial charge in [0.1, 0.15) is 0 Å². The lowest BCUT2D eigenvalue weighted by molar-refractivity contribution is 0.258. The maximum Gasteiger partial charge on any atom is 0.0161 e. The molecule has 0 saturated carbocycles. The van der Waals surface area contributed by atoms with Crippen molar-refractivity contribution in [3.63, 3.8) is 0 Å². The van der Waals surface area contributed by atoms with Crippen molar-refractivity contribution in [2.24, 2.45) is 5.92 Å². The Morgan fingerprint density at radius 1 is 1.00 bits per heavy atom. The van der Waals surface area contributed by atoms with Gasteiger partial charge in [-0.05, 0) is 44.2 Å². The largest absolute Gasteiger partial charge is 0.316 e. The smallest absolute Gasteiger partial charge is 0.0161 e. The minimum atomic E-state index is 0.269. The Kier molecular flexibility index (Phi) is 6.57. The van der Waals surface area contributed by atoms with E-state index in [2.05, 4.69) is 70.4 Å². The van der Waals surface area contributed by atoms with E-state index in [0.29, 0.717) is 6.04 Å². The predicted molar refractivity (Wildman–Crippen MR) is 85.6 cm³/mol. The molecule has 0 radical (unpaired) electrons. The molecule has 108 valence electrons. The third-order valence-corrected chi connectivity index (χ3v) is 4.66. The summed E-state index contributed by atoms with van der Waals surface area (Å²) in [5.74, 6) is 0.776. The fourth-order valence-corrected chi connectivity index (χ4v) is 3.32. The molecule has 0 aromatic heterocycles. The second-order valence-electron chi connectivity index (χ2n) is 6.04. The predicted octanol–water partition coefficient (Wildman–Crippen LogP) is 4.77.